The number of carbonyl (C=O) groups excluding carboxylic acids is 2. The van der Waals surface area contributed by atoms with Gasteiger partial charge < -0.3 is 9.84 Å². The van der Waals surface area contributed by atoms with Crippen molar-refractivity contribution in [2.75, 3.05) is 13.7 Å². The fourth-order valence-electron chi connectivity index (χ4n) is 5.51. The maximum absolute atomic E-state index is 12.8. The highest BCUT2D eigenvalue weighted by Crippen LogP contribution is 2.50. The third kappa shape index (κ3) is 4.12. The highest BCUT2D eigenvalue weighted by Gasteiger charge is 2.55. The zero-order chi connectivity index (χ0) is 22.3. The van der Waals surface area contributed by atoms with Gasteiger partial charge in [0.25, 0.3) is 0 Å². The molecule has 0 radical (unpaired) electrons. The first-order valence-corrected chi connectivity index (χ1v) is 11.9. The number of ether oxygens (including phenoxy) is 1. The maximum Gasteiger partial charge on any atom is 0.233 e. The fraction of sp³-hybridized carbons (Fsp3) is 0.520. The van der Waals surface area contributed by atoms with Crippen LogP contribution in [-0.2, 0) is 14.3 Å². The summed E-state index contributed by atoms with van der Waals surface area (Å²) in [6.45, 7) is 4.75. The molecule has 0 bridgehead atoms. The first-order chi connectivity index (χ1) is 14.8. The van der Waals surface area contributed by atoms with E-state index in [2.05, 4.69) is 29.8 Å². The van der Waals surface area contributed by atoms with E-state index >= 15 is 0 Å². The van der Waals surface area contributed by atoms with Gasteiger partial charge in [0.1, 0.15) is 5.75 Å². The topological polar surface area (TPSA) is 66.8 Å². The zero-order valence-corrected chi connectivity index (χ0v) is 19.9. The van der Waals surface area contributed by atoms with Crippen molar-refractivity contribution in [3.63, 3.8) is 0 Å². The molecule has 31 heavy (non-hydrogen) atoms. The molecular weight excluding hydrogens is 458 g/mol. The molecule has 166 valence electrons. The lowest BCUT2D eigenvalue weighted by Crippen LogP contribution is -2.34. The molecule has 2 saturated heterocycles. The second-order valence-electron chi connectivity index (χ2n) is 9.04. The molecule has 0 unspecified atom stereocenters. The molecule has 0 aromatic heterocycles. The van der Waals surface area contributed by atoms with Gasteiger partial charge in [0, 0.05) is 23.0 Å². The molecule has 0 spiro atoms. The number of halogens is 1. The standard InChI is InChI=1S/C25H30BrNO4/c1-4-5-15-12-18-23(25(30)27(3)24(18)29)19-13-31-21(22(15)19)9-6-14(2)10-16-11-17(26)7-8-20(16)28/h7-8,10-11,18-19,21,23,28H,4-6,9,12-13H2,1-3H3/b14-10+/t18-,19+,21-,23-/m1/s1. The van der Waals surface area contributed by atoms with Crippen LogP contribution in [0.4, 0.5) is 0 Å². The average molecular weight is 488 g/mol. The van der Waals surface area contributed by atoms with E-state index in [4.69, 9.17) is 4.74 Å². The minimum Gasteiger partial charge on any atom is -0.507 e. The van der Waals surface area contributed by atoms with E-state index in [1.807, 2.05) is 18.2 Å². The van der Waals surface area contributed by atoms with Crippen LogP contribution in [0.2, 0.25) is 0 Å². The minimum atomic E-state index is -0.256. The minimum absolute atomic E-state index is 0.000708. The highest BCUT2D eigenvalue weighted by molar-refractivity contribution is 9.10. The Bertz CT molecular complexity index is 966. The number of rotatable bonds is 6. The average Bonchev–Trinajstić information content (AvgIpc) is 3.25. The maximum atomic E-state index is 12.8. The summed E-state index contributed by atoms with van der Waals surface area (Å²) < 4.78 is 7.15. The van der Waals surface area contributed by atoms with Gasteiger partial charge in [-0.05, 0) is 56.4 Å². The van der Waals surface area contributed by atoms with Gasteiger partial charge in [-0.15, -0.1) is 0 Å². The molecule has 0 saturated carbocycles. The Morgan fingerprint density at radius 1 is 1.29 bits per heavy atom. The molecule has 4 atom stereocenters. The lowest BCUT2D eigenvalue weighted by atomic mass is 9.68. The lowest BCUT2D eigenvalue weighted by molar-refractivity contribution is -0.138. The molecule has 3 aliphatic rings. The Morgan fingerprint density at radius 3 is 2.81 bits per heavy atom. The summed E-state index contributed by atoms with van der Waals surface area (Å²) in [5.41, 5.74) is 4.58. The van der Waals surface area contributed by atoms with Crippen LogP contribution in [0, 0.1) is 17.8 Å². The van der Waals surface area contributed by atoms with Crippen LogP contribution in [0.25, 0.3) is 6.08 Å². The van der Waals surface area contributed by atoms with Crippen LogP contribution in [0.15, 0.2) is 39.4 Å². The first kappa shape index (κ1) is 22.3. The number of benzene rings is 1. The van der Waals surface area contributed by atoms with Crippen LogP contribution in [0.1, 0.15) is 51.5 Å². The molecule has 6 heteroatoms. The number of nitrogens with zero attached hydrogens (tertiary/aromatic N) is 1. The second-order valence-corrected chi connectivity index (χ2v) is 9.96. The Kier molecular flexibility index (Phi) is 6.40. The molecule has 4 rings (SSSR count). The number of aromatic hydroxyl groups is 1. The Hall–Kier alpha value is -1.92. The summed E-state index contributed by atoms with van der Waals surface area (Å²) in [5, 5.41) is 10.1. The largest absolute Gasteiger partial charge is 0.507 e. The number of phenols is 1. The van der Waals surface area contributed by atoms with Crippen LogP contribution >= 0.6 is 15.9 Å². The van der Waals surface area contributed by atoms with Crippen molar-refractivity contribution in [1.29, 1.82) is 0 Å². The summed E-state index contributed by atoms with van der Waals surface area (Å²) in [7, 11) is 1.61. The number of hydrogen-bond donors (Lipinski definition) is 1. The summed E-state index contributed by atoms with van der Waals surface area (Å²) in [6.07, 6.45) is 6.37. The number of imide groups is 1. The third-order valence-electron chi connectivity index (χ3n) is 6.97. The molecule has 2 fully saturated rings. The highest BCUT2D eigenvalue weighted by atomic mass is 79.9. The summed E-state index contributed by atoms with van der Waals surface area (Å²) >= 11 is 3.45. The Labute approximate surface area is 192 Å². The van der Waals surface area contributed by atoms with Crippen molar-refractivity contribution >= 4 is 33.8 Å². The van der Waals surface area contributed by atoms with Crippen LogP contribution in [0.3, 0.4) is 0 Å². The van der Waals surface area contributed by atoms with Gasteiger partial charge in [0.15, 0.2) is 0 Å². The van der Waals surface area contributed by atoms with Crippen molar-refractivity contribution < 1.29 is 19.4 Å². The number of phenolic OH excluding ortho intramolecular Hbond substituents is 1. The summed E-state index contributed by atoms with van der Waals surface area (Å²) in [6, 6.07) is 5.41. The van der Waals surface area contributed by atoms with E-state index < -0.39 is 0 Å². The molecule has 5 nitrogen and oxygen atoms in total. The molecule has 2 aliphatic heterocycles. The first-order valence-electron chi connectivity index (χ1n) is 11.1. The molecule has 2 amide bonds. The van der Waals surface area contributed by atoms with Gasteiger partial charge in [-0.25, -0.2) is 0 Å². The van der Waals surface area contributed by atoms with Gasteiger partial charge in [0.05, 0.1) is 24.5 Å². The SMILES string of the molecule is CCCC1=C2[C@@H](CC/C(C)=C/c3cc(Br)ccc3O)OC[C@@H]2[C@@H]2C(=O)N(C)C(=O)[C@@H]2C1. The molecule has 1 N–H and O–H groups in total. The van der Waals surface area contributed by atoms with Gasteiger partial charge in [-0.1, -0.05) is 46.5 Å². The van der Waals surface area contributed by atoms with E-state index in [1.54, 1.807) is 13.1 Å². The third-order valence-corrected chi connectivity index (χ3v) is 7.47. The zero-order valence-electron chi connectivity index (χ0n) is 18.4. The normalized spacial score (nSPS) is 28.4. The van der Waals surface area contributed by atoms with Crippen molar-refractivity contribution in [3.8, 4) is 5.75 Å². The van der Waals surface area contributed by atoms with Gasteiger partial charge >= 0.3 is 0 Å². The number of fused-ring (bicyclic) bond motifs is 3. The van der Waals surface area contributed by atoms with Crippen molar-refractivity contribution in [3.05, 3.63) is 45.0 Å². The number of amides is 2. The second kappa shape index (κ2) is 8.91. The van der Waals surface area contributed by atoms with Crippen LogP contribution in [-0.4, -0.2) is 41.6 Å². The molecule has 1 aromatic carbocycles. The number of allylic oxidation sites excluding steroid dienone is 2. The Balaban J connectivity index is 1.54. The van der Waals surface area contributed by atoms with Crippen LogP contribution in [0.5, 0.6) is 5.75 Å². The van der Waals surface area contributed by atoms with E-state index in [0.29, 0.717) is 13.0 Å². The Morgan fingerprint density at radius 2 is 2.06 bits per heavy atom. The number of likely N-dealkylation sites (tertiary alicyclic amines) is 1. The van der Waals surface area contributed by atoms with Crippen molar-refractivity contribution in [1.82, 2.24) is 4.90 Å². The summed E-state index contributed by atoms with van der Waals surface area (Å²) in [4.78, 5) is 26.7. The molecule has 1 aliphatic carbocycles. The predicted octanol–water partition coefficient (Wildman–Crippen LogP) is 5.08. The van der Waals surface area contributed by atoms with Gasteiger partial charge in [-0.2, -0.15) is 0 Å². The predicted molar refractivity (Wildman–Crippen MR) is 123 cm³/mol. The lowest BCUT2D eigenvalue weighted by Gasteiger charge is -2.32. The number of carbonyl (C=O) groups is 2. The fourth-order valence-corrected chi connectivity index (χ4v) is 5.89. The summed E-state index contributed by atoms with van der Waals surface area (Å²) in [5.74, 6) is -0.244. The van der Waals surface area contributed by atoms with E-state index in [9.17, 15) is 14.7 Å². The monoisotopic (exact) mass is 487 g/mol. The van der Waals surface area contributed by atoms with E-state index in [-0.39, 0.29) is 41.4 Å². The molecular formula is C25H30BrNO4. The van der Waals surface area contributed by atoms with Crippen LogP contribution < -0.4 is 0 Å². The van der Waals surface area contributed by atoms with Gasteiger partial charge in [-0.3, -0.25) is 14.5 Å². The van der Waals surface area contributed by atoms with Crippen molar-refractivity contribution in [2.45, 2.75) is 52.1 Å². The molecule has 1 aromatic rings. The van der Waals surface area contributed by atoms with E-state index in [0.717, 1.165) is 35.7 Å². The smallest absolute Gasteiger partial charge is 0.233 e. The van der Waals surface area contributed by atoms with Gasteiger partial charge in [0.2, 0.25) is 11.8 Å². The number of hydrogen-bond acceptors (Lipinski definition) is 4. The quantitative estimate of drug-likeness (QED) is 0.448. The molecule has 2 heterocycles. The van der Waals surface area contributed by atoms with E-state index in [1.165, 1.54) is 21.6 Å². The van der Waals surface area contributed by atoms with Crippen molar-refractivity contribution in [2.24, 2.45) is 17.8 Å².